The van der Waals surface area contributed by atoms with Crippen LogP contribution in [0.25, 0.3) is 0 Å². The average molecular weight is 195 g/mol. The Morgan fingerprint density at radius 1 is 1.36 bits per heavy atom. The number of hydrogen-bond acceptors (Lipinski definition) is 1. The molecular formula is C13H25N. The lowest BCUT2D eigenvalue weighted by atomic mass is 9.77. The fourth-order valence-electron chi connectivity index (χ4n) is 2.88. The van der Waals surface area contributed by atoms with Gasteiger partial charge < -0.3 is 5.32 Å². The molecule has 0 aromatic heterocycles. The number of hydrogen-bond donors (Lipinski definition) is 1. The molecule has 14 heavy (non-hydrogen) atoms. The summed E-state index contributed by atoms with van der Waals surface area (Å²) in [4.78, 5) is 0. The lowest BCUT2D eigenvalue weighted by Crippen LogP contribution is -2.22. The molecule has 1 N–H and O–H groups in total. The maximum Gasteiger partial charge on any atom is -0.00151 e. The van der Waals surface area contributed by atoms with Crippen LogP contribution in [0.15, 0.2) is 0 Å². The predicted molar refractivity (Wildman–Crippen MR) is 61.3 cm³/mol. The highest BCUT2D eigenvalue weighted by Crippen LogP contribution is 2.57. The van der Waals surface area contributed by atoms with Crippen LogP contribution in [0.3, 0.4) is 0 Å². The lowest BCUT2D eigenvalue weighted by molar-refractivity contribution is 0.236. The van der Waals surface area contributed by atoms with Gasteiger partial charge in [0, 0.05) is 0 Å². The van der Waals surface area contributed by atoms with E-state index in [0.717, 1.165) is 17.3 Å². The van der Waals surface area contributed by atoms with Gasteiger partial charge >= 0.3 is 0 Å². The van der Waals surface area contributed by atoms with Crippen molar-refractivity contribution in [2.75, 3.05) is 13.1 Å². The highest BCUT2D eigenvalue weighted by Gasteiger charge is 2.50. The standard InChI is InChI=1S/C13H25N/c1-3-7-14-10-12-9-13(12,2)8-11-5-4-6-11/h11-12,14H,3-10H2,1-2H3. The van der Waals surface area contributed by atoms with Gasteiger partial charge in [-0.2, -0.15) is 0 Å². The SMILES string of the molecule is CCCNCC1CC1(C)CC1CCC1. The molecule has 2 rings (SSSR count). The van der Waals surface area contributed by atoms with Gasteiger partial charge in [-0.05, 0) is 49.6 Å². The fourth-order valence-corrected chi connectivity index (χ4v) is 2.88. The minimum Gasteiger partial charge on any atom is -0.316 e. The topological polar surface area (TPSA) is 12.0 Å². The third kappa shape index (κ3) is 2.31. The molecular weight excluding hydrogens is 170 g/mol. The fraction of sp³-hybridized carbons (Fsp3) is 1.00. The van der Waals surface area contributed by atoms with Crippen molar-refractivity contribution >= 4 is 0 Å². The average Bonchev–Trinajstić information content (AvgIpc) is 2.72. The van der Waals surface area contributed by atoms with Gasteiger partial charge in [0.15, 0.2) is 0 Å². The molecule has 82 valence electrons. The van der Waals surface area contributed by atoms with E-state index in [1.807, 2.05) is 0 Å². The maximum atomic E-state index is 3.56. The van der Waals surface area contributed by atoms with Crippen molar-refractivity contribution in [3.8, 4) is 0 Å². The second-order valence-corrected chi connectivity index (χ2v) is 5.76. The van der Waals surface area contributed by atoms with Crippen molar-refractivity contribution in [1.29, 1.82) is 0 Å². The van der Waals surface area contributed by atoms with Gasteiger partial charge in [-0.1, -0.05) is 33.1 Å². The largest absolute Gasteiger partial charge is 0.316 e. The molecule has 0 aromatic rings. The summed E-state index contributed by atoms with van der Waals surface area (Å²) in [7, 11) is 0. The third-order valence-electron chi connectivity index (χ3n) is 4.34. The number of rotatable bonds is 6. The molecule has 0 radical (unpaired) electrons. The Labute approximate surface area is 88.7 Å². The van der Waals surface area contributed by atoms with Crippen LogP contribution in [0, 0.1) is 17.3 Å². The Kier molecular flexibility index (Phi) is 3.16. The Hall–Kier alpha value is -0.0400. The molecule has 0 heterocycles. The molecule has 0 spiro atoms. The summed E-state index contributed by atoms with van der Waals surface area (Å²) in [6.07, 6.45) is 8.81. The van der Waals surface area contributed by atoms with E-state index in [1.165, 1.54) is 51.6 Å². The first-order chi connectivity index (χ1) is 6.74. The summed E-state index contributed by atoms with van der Waals surface area (Å²) in [5.41, 5.74) is 0.728. The van der Waals surface area contributed by atoms with E-state index in [0.29, 0.717) is 0 Å². The van der Waals surface area contributed by atoms with Crippen molar-refractivity contribution in [2.24, 2.45) is 17.3 Å². The van der Waals surface area contributed by atoms with Crippen molar-refractivity contribution in [2.45, 2.75) is 52.4 Å². The summed E-state index contributed by atoms with van der Waals surface area (Å²) >= 11 is 0. The van der Waals surface area contributed by atoms with Crippen LogP contribution in [-0.2, 0) is 0 Å². The quantitative estimate of drug-likeness (QED) is 0.642. The molecule has 2 fully saturated rings. The van der Waals surface area contributed by atoms with E-state index in [2.05, 4.69) is 19.2 Å². The van der Waals surface area contributed by atoms with E-state index < -0.39 is 0 Å². The predicted octanol–water partition coefficient (Wildman–Crippen LogP) is 3.20. The van der Waals surface area contributed by atoms with Crippen LogP contribution in [0.1, 0.15) is 52.4 Å². The molecule has 2 atom stereocenters. The van der Waals surface area contributed by atoms with E-state index in [-0.39, 0.29) is 0 Å². The summed E-state index contributed by atoms with van der Waals surface area (Å²) in [5.74, 6) is 2.09. The van der Waals surface area contributed by atoms with Crippen LogP contribution < -0.4 is 5.32 Å². The monoisotopic (exact) mass is 195 g/mol. The number of nitrogens with one attached hydrogen (secondary N) is 1. The molecule has 0 amide bonds. The second kappa shape index (κ2) is 4.22. The Bertz CT molecular complexity index is 186. The molecule has 1 heteroatoms. The van der Waals surface area contributed by atoms with Gasteiger partial charge in [0.25, 0.3) is 0 Å². The summed E-state index contributed by atoms with van der Waals surface area (Å²) in [5, 5.41) is 3.56. The van der Waals surface area contributed by atoms with E-state index in [1.54, 1.807) is 0 Å². The van der Waals surface area contributed by atoms with E-state index in [4.69, 9.17) is 0 Å². The van der Waals surface area contributed by atoms with Crippen molar-refractivity contribution in [3.05, 3.63) is 0 Å². The Morgan fingerprint density at radius 3 is 2.71 bits per heavy atom. The van der Waals surface area contributed by atoms with Crippen LogP contribution >= 0.6 is 0 Å². The Balaban J connectivity index is 1.62. The van der Waals surface area contributed by atoms with Gasteiger partial charge in [0.2, 0.25) is 0 Å². The van der Waals surface area contributed by atoms with Gasteiger partial charge in [-0.15, -0.1) is 0 Å². The molecule has 2 aliphatic rings. The molecule has 2 saturated carbocycles. The van der Waals surface area contributed by atoms with Gasteiger partial charge in [0.1, 0.15) is 0 Å². The van der Waals surface area contributed by atoms with E-state index >= 15 is 0 Å². The highest BCUT2D eigenvalue weighted by molar-refractivity contribution is 5.01. The second-order valence-electron chi connectivity index (χ2n) is 5.76. The molecule has 1 nitrogen and oxygen atoms in total. The highest BCUT2D eigenvalue weighted by atomic mass is 14.9. The first-order valence-corrected chi connectivity index (χ1v) is 6.45. The van der Waals surface area contributed by atoms with Gasteiger partial charge in [-0.25, -0.2) is 0 Å². The smallest absolute Gasteiger partial charge is 0.00151 e. The zero-order valence-electron chi connectivity index (χ0n) is 9.81. The van der Waals surface area contributed by atoms with Crippen molar-refractivity contribution in [3.63, 3.8) is 0 Å². The first kappa shape index (κ1) is 10.5. The van der Waals surface area contributed by atoms with Gasteiger partial charge in [-0.3, -0.25) is 0 Å². The molecule has 0 aromatic carbocycles. The summed E-state index contributed by atoms with van der Waals surface area (Å²) in [6.45, 7) is 7.23. The van der Waals surface area contributed by atoms with Gasteiger partial charge in [0.05, 0.1) is 0 Å². The van der Waals surface area contributed by atoms with Crippen LogP contribution in [-0.4, -0.2) is 13.1 Å². The molecule has 0 bridgehead atoms. The van der Waals surface area contributed by atoms with Crippen LogP contribution in [0.4, 0.5) is 0 Å². The molecule has 2 aliphatic carbocycles. The maximum absolute atomic E-state index is 3.56. The van der Waals surface area contributed by atoms with Crippen molar-refractivity contribution < 1.29 is 0 Å². The molecule has 0 saturated heterocycles. The molecule has 0 aliphatic heterocycles. The summed E-state index contributed by atoms with van der Waals surface area (Å²) < 4.78 is 0. The molecule has 2 unspecified atom stereocenters. The zero-order valence-corrected chi connectivity index (χ0v) is 9.81. The Morgan fingerprint density at radius 2 is 2.14 bits per heavy atom. The first-order valence-electron chi connectivity index (χ1n) is 6.45. The van der Waals surface area contributed by atoms with Crippen molar-refractivity contribution in [1.82, 2.24) is 5.32 Å². The van der Waals surface area contributed by atoms with E-state index in [9.17, 15) is 0 Å². The van der Waals surface area contributed by atoms with Crippen LogP contribution in [0.5, 0.6) is 0 Å². The minimum absolute atomic E-state index is 0.728. The third-order valence-corrected chi connectivity index (χ3v) is 4.34. The lowest BCUT2D eigenvalue weighted by Gasteiger charge is -2.28. The minimum atomic E-state index is 0.728. The summed E-state index contributed by atoms with van der Waals surface area (Å²) in [6, 6.07) is 0. The normalized spacial score (nSPS) is 36.9. The van der Waals surface area contributed by atoms with Crippen LogP contribution in [0.2, 0.25) is 0 Å². The zero-order chi connectivity index (χ0) is 10.0.